The third-order valence-corrected chi connectivity index (χ3v) is 5.00. The molecule has 4 rings (SSSR count). The van der Waals surface area contributed by atoms with E-state index >= 15 is 0 Å². The lowest BCUT2D eigenvalue weighted by molar-refractivity contribution is 0.0897. The molecule has 2 aromatic heterocycles. The van der Waals surface area contributed by atoms with Gasteiger partial charge in [-0.1, -0.05) is 24.4 Å². The number of nitrogens with one attached hydrogen (secondary N) is 1. The topological polar surface area (TPSA) is 78.0 Å². The molecule has 7 heteroatoms. The van der Waals surface area contributed by atoms with Crippen molar-refractivity contribution >= 4 is 6.01 Å². The molecule has 3 heterocycles. The molecular formula is C17H25N5O2. The molecule has 130 valence electrons. The molecule has 2 aromatic rings. The quantitative estimate of drug-likeness (QED) is 0.905. The Morgan fingerprint density at radius 1 is 1.17 bits per heavy atom. The molecule has 1 atom stereocenters. The summed E-state index contributed by atoms with van der Waals surface area (Å²) >= 11 is 0. The van der Waals surface area contributed by atoms with Crippen LogP contribution in [0.2, 0.25) is 0 Å². The zero-order valence-electron chi connectivity index (χ0n) is 14.2. The van der Waals surface area contributed by atoms with Gasteiger partial charge < -0.3 is 14.5 Å². The van der Waals surface area contributed by atoms with Crippen molar-refractivity contribution in [3.8, 4) is 0 Å². The lowest BCUT2D eigenvalue weighted by Crippen LogP contribution is -2.09. The van der Waals surface area contributed by atoms with Gasteiger partial charge in [-0.3, -0.25) is 4.68 Å². The van der Waals surface area contributed by atoms with Crippen LogP contribution in [0.4, 0.5) is 6.01 Å². The first kappa shape index (κ1) is 15.6. The highest BCUT2D eigenvalue weighted by Gasteiger charge is 2.24. The van der Waals surface area contributed by atoms with Gasteiger partial charge in [0.15, 0.2) is 0 Å². The van der Waals surface area contributed by atoms with Crippen molar-refractivity contribution in [3.05, 3.63) is 23.3 Å². The lowest BCUT2D eigenvalue weighted by atomic mass is 9.85. The SMILES string of the molecule is Cn1cc(CNc2nnc([C@@H]3CCCO3)o2)c(C2CCCCC2)n1. The van der Waals surface area contributed by atoms with Crippen molar-refractivity contribution in [2.45, 2.75) is 63.5 Å². The summed E-state index contributed by atoms with van der Waals surface area (Å²) in [7, 11) is 1.98. The molecule has 1 N–H and O–H groups in total. The van der Waals surface area contributed by atoms with Crippen LogP contribution in [0.25, 0.3) is 0 Å². The zero-order chi connectivity index (χ0) is 16.4. The van der Waals surface area contributed by atoms with E-state index in [0.29, 0.717) is 24.4 Å². The lowest BCUT2D eigenvalue weighted by Gasteiger charge is -2.20. The normalized spacial score (nSPS) is 22.1. The van der Waals surface area contributed by atoms with Gasteiger partial charge in [-0.15, -0.1) is 5.10 Å². The second kappa shape index (κ2) is 6.93. The van der Waals surface area contributed by atoms with Crippen LogP contribution in [-0.2, 0) is 18.3 Å². The molecular weight excluding hydrogens is 306 g/mol. The van der Waals surface area contributed by atoms with E-state index in [1.165, 1.54) is 43.4 Å². The van der Waals surface area contributed by atoms with E-state index < -0.39 is 0 Å². The highest BCUT2D eigenvalue weighted by atomic mass is 16.5. The van der Waals surface area contributed by atoms with Gasteiger partial charge in [0.25, 0.3) is 0 Å². The van der Waals surface area contributed by atoms with E-state index in [1.54, 1.807) is 0 Å². The molecule has 2 aliphatic rings. The van der Waals surface area contributed by atoms with E-state index in [9.17, 15) is 0 Å². The van der Waals surface area contributed by atoms with Gasteiger partial charge in [-0.2, -0.15) is 5.10 Å². The van der Waals surface area contributed by atoms with E-state index in [-0.39, 0.29) is 6.10 Å². The molecule has 1 aliphatic heterocycles. The first-order valence-electron chi connectivity index (χ1n) is 9.01. The van der Waals surface area contributed by atoms with Crippen molar-refractivity contribution in [2.75, 3.05) is 11.9 Å². The van der Waals surface area contributed by atoms with E-state index in [1.807, 2.05) is 11.7 Å². The number of hydrogen-bond donors (Lipinski definition) is 1. The minimum absolute atomic E-state index is 0.0377. The number of ether oxygens (including phenoxy) is 1. The highest BCUT2D eigenvalue weighted by molar-refractivity contribution is 5.27. The first-order valence-corrected chi connectivity index (χ1v) is 9.01. The molecule has 0 radical (unpaired) electrons. The van der Waals surface area contributed by atoms with Crippen LogP contribution in [0.5, 0.6) is 0 Å². The number of rotatable bonds is 5. The predicted molar refractivity (Wildman–Crippen MR) is 88.6 cm³/mol. The minimum atomic E-state index is -0.0377. The molecule has 0 spiro atoms. The van der Waals surface area contributed by atoms with Crippen molar-refractivity contribution in [3.63, 3.8) is 0 Å². The van der Waals surface area contributed by atoms with E-state index in [0.717, 1.165) is 19.4 Å². The van der Waals surface area contributed by atoms with Crippen LogP contribution in [0, 0.1) is 0 Å². The number of aromatic nitrogens is 4. The molecule has 1 saturated carbocycles. The summed E-state index contributed by atoms with van der Waals surface area (Å²) in [6.45, 7) is 1.43. The van der Waals surface area contributed by atoms with Crippen LogP contribution < -0.4 is 5.32 Å². The van der Waals surface area contributed by atoms with Gasteiger partial charge in [-0.05, 0) is 25.7 Å². The number of aryl methyl sites for hydroxylation is 1. The smallest absolute Gasteiger partial charge is 0.315 e. The predicted octanol–water partition coefficient (Wildman–Crippen LogP) is 3.31. The second-order valence-corrected chi connectivity index (χ2v) is 6.85. The fraction of sp³-hybridized carbons (Fsp3) is 0.706. The molecule has 0 bridgehead atoms. The first-order chi connectivity index (χ1) is 11.8. The summed E-state index contributed by atoms with van der Waals surface area (Å²) in [6.07, 6.45) is 10.5. The minimum Gasteiger partial charge on any atom is -0.405 e. The van der Waals surface area contributed by atoms with Gasteiger partial charge in [0.1, 0.15) is 6.10 Å². The van der Waals surface area contributed by atoms with Gasteiger partial charge in [0, 0.05) is 37.9 Å². The Bertz CT molecular complexity index is 668. The monoisotopic (exact) mass is 331 g/mol. The standard InChI is InChI=1S/C17H25N5O2/c1-22-11-13(15(21-22)12-6-3-2-4-7-12)10-18-17-20-19-16(24-17)14-8-5-9-23-14/h11-12,14H,2-10H2,1H3,(H,18,20)/t14-/m0/s1. The Hall–Kier alpha value is -1.89. The molecule has 0 amide bonds. The number of anilines is 1. The van der Waals surface area contributed by atoms with E-state index in [4.69, 9.17) is 14.3 Å². The van der Waals surface area contributed by atoms with Crippen LogP contribution >= 0.6 is 0 Å². The molecule has 1 saturated heterocycles. The van der Waals surface area contributed by atoms with Gasteiger partial charge in [-0.25, -0.2) is 0 Å². The summed E-state index contributed by atoms with van der Waals surface area (Å²) in [5, 5.41) is 16.1. The Labute approximate surface area is 141 Å². The van der Waals surface area contributed by atoms with Crippen molar-refractivity contribution < 1.29 is 9.15 Å². The van der Waals surface area contributed by atoms with Gasteiger partial charge in [0.2, 0.25) is 5.89 Å². The molecule has 0 unspecified atom stereocenters. The number of nitrogens with zero attached hydrogens (tertiary/aromatic N) is 4. The average molecular weight is 331 g/mol. The Morgan fingerprint density at radius 3 is 2.83 bits per heavy atom. The van der Waals surface area contributed by atoms with Crippen molar-refractivity contribution in [1.29, 1.82) is 0 Å². The zero-order valence-corrected chi connectivity index (χ0v) is 14.2. The Balaban J connectivity index is 1.42. The second-order valence-electron chi connectivity index (χ2n) is 6.85. The van der Waals surface area contributed by atoms with Crippen LogP contribution in [-0.4, -0.2) is 26.6 Å². The Morgan fingerprint density at radius 2 is 2.04 bits per heavy atom. The summed E-state index contributed by atoms with van der Waals surface area (Å²) in [6, 6.07) is 0.457. The molecule has 0 aromatic carbocycles. The number of hydrogen-bond acceptors (Lipinski definition) is 6. The molecule has 2 fully saturated rings. The fourth-order valence-electron chi connectivity index (χ4n) is 3.79. The maximum atomic E-state index is 5.70. The van der Waals surface area contributed by atoms with Crippen molar-refractivity contribution in [1.82, 2.24) is 20.0 Å². The van der Waals surface area contributed by atoms with Crippen molar-refractivity contribution in [2.24, 2.45) is 7.05 Å². The maximum Gasteiger partial charge on any atom is 0.315 e. The van der Waals surface area contributed by atoms with Gasteiger partial charge >= 0.3 is 6.01 Å². The summed E-state index contributed by atoms with van der Waals surface area (Å²) < 4.78 is 13.2. The fourth-order valence-corrected chi connectivity index (χ4v) is 3.79. The van der Waals surface area contributed by atoms with Crippen LogP contribution in [0.1, 0.15) is 74.1 Å². The largest absolute Gasteiger partial charge is 0.405 e. The van der Waals surface area contributed by atoms with E-state index in [2.05, 4.69) is 21.7 Å². The van der Waals surface area contributed by atoms with Gasteiger partial charge in [0.05, 0.1) is 5.69 Å². The third-order valence-electron chi connectivity index (χ3n) is 5.00. The van der Waals surface area contributed by atoms with Crippen LogP contribution in [0.15, 0.2) is 10.6 Å². The summed E-state index contributed by atoms with van der Waals surface area (Å²) in [5.41, 5.74) is 2.45. The summed E-state index contributed by atoms with van der Waals surface area (Å²) in [4.78, 5) is 0. The molecule has 7 nitrogen and oxygen atoms in total. The average Bonchev–Trinajstić information content (AvgIpc) is 3.34. The highest BCUT2D eigenvalue weighted by Crippen LogP contribution is 2.34. The molecule has 24 heavy (non-hydrogen) atoms. The Kier molecular flexibility index (Phi) is 4.51. The maximum absolute atomic E-state index is 5.70. The summed E-state index contributed by atoms with van der Waals surface area (Å²) in [5.74, 6) is 1.16. The third kappa shape index (κ3) is 3.31. The van der Waals surface area contributed by atoms with Crippen LogP contribution in [0.3, 0.4) is 0 Å². The molecule has 1 aliphatic carbocycles.